The predicted octanol–water partition coefficient (Wildman–Crippen LogP) is 3.25. The van der Waals surface area contributed by atoms with E-state index >= 15 is 0 Å². The highest BCUT2D eigenvalue weighted by Gasteiger charge is 2.47. The fraction of sp³-hybridized carbons (Fsp3) is 0.800. The molecule has 6 heteroatoms. The summed E-state index contributed by atoms with van der Waals surface area (Å²) in [6.45, 7) is 0. The first-order chi connectivity index (χ1) is 4.81. The van der Waals surface area contributed by atoms with Gasteiger partial charge in [0.05, 0.1) is 6.42 Å². The average molecular weight is 416 g/mol. The van der Waals surface area contributed by atoms with Crippen molar-refractivity contribution in [3.8, 4) is 0 Å². The minimum absolute atomic E-state index is 0.168. The summed E-state index contributed by atoms with van der Waals surface area (Å²) < 4.78 is 4.03. The van der Waals surface area contributed by atoms with E-state index in [1.165, 1.54) is 0 Å². The molecule has 11 heavy (non-hydrogen) atoms. The van der Waals surface area contributed by atoms with Gasteiger partial charge in [0.1, 0.15) is 2.14 Å². The first-order valence-corrected chi connectivity index (χ1v) is 5.95. The van der Waals surface area contributed by atoms with E-state index in [1.54, 1.807) is 0 Å². The molecule has 0 spiro atoms. The van der Waals surface area contributed by atoms with Crippen LogP contribution in [0.2, 0.25) is 0 Å². The van der Waals surface area contributed by atoms with E-state index in [4.69, 9.17) is 4.74 Å². The summed E-state index contributed by atoms with van der Waals surface area (Å²) in [4.78, 5) is 10.5. The molecule has 2 nitrogen and oxygen atoms in total. The van der Waals surface area contributed by atoms with Gasteiger partial charge in [-0.05, 0) is 15.9 Å². The van der Waals surface area contributed by atoms with Gasteiger partial charge in [-0.1, -0.05) is 47.8 Å². The molecule has 0 aromatic rings. The van der Waals surface area contributed by atoms with Crippen LogP contribution in [0.15, 0.2) is 0 Å². The summed E-state index contributed by atoms with van der Waals surface area (Å²) in [6.07, 6.45) is 1.03. The highest BCUT2D eigenvalue weighted by atomic mass is 80.0. The van der Waals surface area contributed by atoms with Crippen LogP contribution in [-0.4, -0.2) is 12.6 Å². The highest BCUT2D eigenvalue weighted by molar-refractivity contribution is 9.39. The molecule has 1 rings (SSSR count). The SMILES string of the molecule is O=C1CC(Br)(CC(Br)(Br)Br)O1. The zero-order valence-electron chi connectivity index (χ0n) is 5.24. The summed E-state index contributed by atoms with van der Waals surface area (Å²) in [5.41, 5.74) is 0. The number of carbonyl (C=O) groups is 1. The molecule has 1 heterocycles. The van der Waals surface area contributed by atoms with Crippen LogP contribution in [0, 0.1) is 0 Å². The first-order valence-electron chi connectivity index (χ1n) is 2.78. The number of hydrogen-bond donors (Lipinski definition) is 0. The second-order valence-electron chi connectivity index (χ2n) is 2.33. The Morgan fingerprint density at radius 3 is 2.27 bits per heavy atom. The molecular weight excluding hydrogens is 412 g/mol. The second-order valence-corrected chi connectivity index (χ2v) is 11.0. The van der Waals surface area contributed by atoms with Crippen molar-refractivity contribution in [3.05, 3.63) is 0 Å². The van der Waals surface area contributed by atoms with Crippen molar-refractivity contribution in [1.29, 1.82) is 0 Å². The minimum Gasteiger partial charge on any atom is -0.446 e. The fourth-order valence-electron chi connectivity index (χ4n) is 0.809. The van der Waals surface area contributed by atoms with Gasteiger partial charge in [0.15, 0.2) is 4.51 Å². The smallest absolute Gasteiger partial charge is 0.312 e. The number of cyclic esters (lactones) is 1. The van der Waals surface area contributed by atoms with Gasteiger partial charge in [-0.15, -0.1) is 0 Å². The highest BCUT2D eigenvalue weighted by Crippen LogP contribution is 2.49. The fourth-order valence-corrected chi connectivity index (χ4v) is 4.13. The van der Waals surface area contributed by atoms with Crippen LogP contribution in [0.5, 0.6) is 0 Å². The molecule has 0 amide bonds. The number of hydrogen-bond acceptors (Lipinski definition) is 2. The molecule has 1 unspecified atom stereocenters. The number of carbonyl (C=O) groups excluding carboxylic acids is 1. The van der Waals surface area contributed by atoms with Crippen LogP contribution in [0.25, 0.3) is 0 Å². The summed E-state index contributed by atoms with van der Waals surface area (Å²) >= 11 is 13.3. The molecule has 0 radical (unpaired) electrons. The lowest BCUT2D eigenvalue weighted by molar-refractivity contribution is -0.173. The third-order valence-corrected chi connectivity index (χ3v) is 2.73. The van der Waals surface area contributed by atoms with Gasteiger partial charge in [0.25, 0.3) is 0 Å². The summed E-state index contributed by atoms with van der Waals surface area (Å²) in [5.74, 6) is -0.168. The van der Waals surface area contributed by atoms with E-state index in [-0.39, 0.29) is 8.11 Å². The maximum absolute atomic E-state index is 10.5. The monoisotopic (exact) mass is 412 g/mol. The Morgan fingerprint density at radius 1 is 1.55 bits per heavy atom. The molecule has 1 fully saturated rings. The van der Waals surface area contributed by atoms with Crippen LogP contribution in [0.1, 0.15) is 12.8 Å². The van der Waals surface area contributed by atoms with Gasteiger partial charge < -0.3 is 4.74 Å². The molecule has 0 aromatic carbocycles. The number of alkyl halides is 4. The van der Waals surface area contributed by atoms with Crippen LogP contribution in [0.4, 0.5) is 0 Å². The molecule has 1 saturated heterocycles. The van der Waals surface area contributed by atoms with Crippen molar-refractivity contribution in [3.63, 3.8) is 0 Å². The first kappa shape index (κ1) is 10.5. The van der Waals surface area contributed by atoms with E-state index in [2.05, 4.69) is 63.7 Å². The number of esters is 1. The average Bonchev–Trinajstić information content (AvgIpc) is 1.53. The molecule has 64 valence electrons. The van der Waals surface area contributed by atoms with Crippen LogP contribution in [-0.2, 0) is 9.53 Å². The molecule has 0 bridgehead atoms. The molecule has 1 atom stereocenters. The van der Waals surface area contributed by atoms with Crippen molar-refractivity contribution >= 4 is 69.7 Å². The largest absolute Gasteiger partial charge is 0.446 e. The Balaban J connectivity index is 2.44. The topological polar surface area (TPSA) is 26.3 Å². The molecule has 0 aliphatic carbocycles. The van der Waals surface area contributed by atoms with Crippen molar-refractivity contribution in [2.75, 3.05) is 0 Å². The van der Waals surface area contributed by atoms with Crippen molar-refractivity contribution in [1.82, 2.24) is 0 Å². The third kappa shape index (κ3) is 3.32. The molecule has 1 aliphatic heterocycles. The molecule has 0 saturated carbocycles. The summed E-state index contributed by atoms with van der Waals surface area (Å²) in [7, 11) is 0. The third-order valence-electron chi connectivity index (χ3n) is 1.17. The Hall–Kier alpha value is 1.39. The molecule has 1 aliphatic rings. The van der Waals surface area contributed by atoms with Crippen molar-refractivity contribution < 1.29 is 9.53 Å². The summed E-state index contributed by atoms with van der Waals surface area (Å²) in [6, 6.07) is 0. The van der Waals surface area contributed by atoms with Crippen LogP contribution in [0.3, 0.4) is 0 Å². The lowest BCUT2D eigenvalue weighted by atomic mass is 10.1. The minimum atomic E-state index is -0.499. The summed E-state index contributed by atoms with van der Waals surface area (Å²) in [5, 5.41) is 0. The molecule has 0 aromatic heterocycles. The number of rotatable bonds is 1. The normalized spacial score (nSPS) is 31.1. The van der Waals surface area contributed by atoms with Gasteiger partial charge in [-0.3, -0.25) is 4.79 Å². The second kappa shape index (κ2) is 3.27. The van der Waals surface area contributed by atoms with E-state index in [9.17, 15) is 4.79 Å². The van der Waals surface area contributed by atoms with Gasteiger partial charge in [0.2, 0.25) is 0 Å². The molecular formula is C5H4Br4O2. The van der Waals surface area contributed by atoms with Gasteiger partial charge in [-0.2, -0.15) is 0 Å². The van der Waals surface area contributed by atoms with Crippen LogP contribution >= 0.6 is 63.7 Å². The Labute approximate surface area is 97.9 Å². The zero-order valence-corrected chi connectivity index (χ0v) is 11.6. The van der Waals surface area contributed by atoms with E-state index < -0.39 is 4.51 Å². The standard InChI is InChI=1S/C5H4Br4O2/c6-4(1-3(10)11-4)2-5(7,8)9/h1-2H2. The van der Waals surface area contributed by atoms with Crippen molar-refractivity contribution in [2.45, 2.75) is 19.5 Å². The van der Waals surface area contributed by atoms with Gasteiger partial charge >= 0.3 is 5.97 Å². The predicted molar refractivity (Wildman–Crippen MR) is 56.5 cm³/mol. The zero-order chi connectivity index (χ0) is 8.70. The van der Waals surface area contributed by atoms with Gasteiger partial charge in [0, 0.05) is 6.42 Å². The van der Waals surface area contributed by atoms with E-state index in [0.717, 1.165) is 0 Å². The van der Waals surface area contributed by atoms with E-state index in [1.807, 2.05) is 0 Å². The van der Waals surface area contributed by atoms with Crippen LogP contribution < -0.4 is 0 Å². The maximum atomic E-state index is 10.5. The number of halogens is 4. The Morgan fingerprint density at radius 2 is 2.00 bits per heavy atom. The Kier molecular flexibility index (Phi) is 3.11. The number of ether oxygens (including phenoxy) is 1. The van der Waals surface area contributed by atoms with Gasteiger partial charge in [-0.25, -0.2) is 0 Å². The lowest BCUT2D eigenvalue weighted by Gasteiger charge is -2.37. The van der Waals surface area contributed by atoms with E-state index in [0.29, 0.717) is 12.8 Å². The van der Waals surface area contributed by atoms with Crippen molar-refractivity contribution in [2.24, 2.45) is 0 Å². The quantitative estimate of drug-likeness (QED) is 0.485. The molecule has 0 N–H and O–H groups in total. The lowest BCUT2D eigenvalue weighted by Crippen LogP contribution is -2.44. The Bertz CT molecular complexity index is 177. The maximum Gasteiger partial charge on any atom is 0.312 e.